The lowest BCUT2D eigenvalue weighted by molar-refractivity contribution is 1.53. The van der Waals surface area contributed by atoms with Gasteiger partial charge in [0.15, 0.2) is 0 Å². The molecule has 14 rings (SSSR count). The standard InChI is InChI=1S/C60H34S2/c1-3-15-41-39(13-1)40-14-2-4-16-42(40)54-34-56-52-32-36(38-22-12-24-50-48-20-8-10-26-58(48)62-60(38)50)28-30-46(52)45-29-27-35(31-51(45)43-17-5-6-18-44(43)55(56)33-53(41)54)37-21-11-23-49-47-19-7-9-25-57(47)61-59(37)49/h1-34H. The summed E-state index contributed by atoms with van der Waals surface area (Å²) in [6, 6.07) is 77.8. The predicted octanol–water partition coefficient (Wildman–Crippen LogP) is 18.2. The van der Waals surface area contributed by atoms with Crippen LogP contribution in [0.1, 0.15) is 0 Å². The van der Waals surface area contributed by atoms with Crippen molar-refractivity contribution in [2.75, 3.05) is 0 Å². The molecule has 0 unspecified atom stereocenters. The quantitative estimate of drug-likeness (QED) is 0.152. The van der Waals surface area contributed by atoms with E-state index < -0.39 is 0 Å². The van der Waals surface area contributed by atoms with Crippen molar-refractivity contribution in [2.24, 2.45) is 0 Å². The summed E-state index contributed by atoms with van der Waals surface area (Å²) in [5, 5.41) is 13.0. The molecule has 2 aromatic heterocycles. The Morgan fingerprint density at radius 3 is 1.00 bits per heavy atom. The molecule has 0 aliphatic heterocycles. The van der Waals surface area contributed by atoms with Crippen molar-refractivity contribution >= 4 is 95.3 Å². The summed E-state index contributed by atoms with van der Waals surface area (Å²) < 4.78 is 5.32. The molecule has 13 aromatic rings. The highest BCUT2D eigenvalue weighted by atomic mass is 32.1. The summed E-state index contributed by atoms with van der Waals surface area (Å²) in [5.41, 5.74) is 15.1. The average Bonchev–Trinajstić information content (AvgIpc) is 3.92. The second kappa shape index (κ2) is 13.1. The van der Waals surface area contributed by atoms with Crippen LogP contribution >= 0.6 is 22.7 Å². The van der Waals surface area contributed by atoms with Gasteiger partial charge in [0, 0.05) is 40.3 Å². The number of hydrogen-bond donors (Lipinski definition) is 0. The first kappa shape index (κ1) is 34.4. The maximum Gasteiger partial charge on any atom is 0.0433 e. The van der Waals surface area contributed by atoms with Crippen molar-refractivity contribution in [3.05, 3.63) is 206 Å². The highest BCUT2D eigenvalue weighted by Crippen LogP contribution is 2.53. The van der Waals surface area contributed by atoms with E-state index in [0.29, 0.717) is 0 Å². The minimum absolute atomic E-state index is 1.23. The van der Waals surface area contributed by atoms with Gasteiger partial charge in [-0.05, 0) is 135 Å². The second-order valence-electron chi connectivity index (χ2n) is 16.7. The first-order valence-corrected chi connectivity index (χ1v) is 23.0. The van der Waals surface area contributed by atoms with Crippen LogP contribution < -0.4 is 0 Å². The van der Waals surface area contributed by atoms with Gasteiger partial charge in [0.05, 0.1) is 0 Å². The lowest BCUT2D eigenvalue weighted by atomic mass is 9.78. The highest BCUT2D eigenvalue weighted by molar-refractivity contribution is 7.26. The highest BCUT2D eigenvalue weighted by Gasteiger charge is 2.25. The molecule has 0 spiro atoms. The van der Waals surface area contributed by atoms with Gasteiger partial charge in [-0.15, -0.1) is 22.7 Å². The summed E-state index contributed by atoms with van der Waals surface area (Å²) in [6.45, 7) is 0. The van der Waals surface area contributed by atoms with E-state index in [1.165, 1.54) is 139 Å². The van der Waals surface area contributed by atoms with E-state index in [1.807, 2.05) is 22.7 Å². The summed E-state index contributed by atoms with van der Waals surface area (Å²) in [6.07, 6.45) is 0. The van der Waals surface area contributed by atoms with Crippen LogP contribution in [0, 0.1) is 0 Å². The Hall–Kier alpha value is -7.36. The van der Waals surface area contributed by atoms with E-state index >= 15 is 0 Å². The Kier molecular flexibility index (Phi) is 7.24. The van der Waals surface area contributed by atoms with Crippen molar-refractivity contribution in [1.29, 1.82) is 0 Å². The molecular weight excluding hydrogens is 785 g/mol. The first-order chi connectivity index (χ1) is 30.7. The SMILES string of the molecule is c1ccc2c(c1)-c1cc(-c3cccc4c3sc3ccccc34)ccc1-c1ccc(-c3cccc4c3sc3ccccc34)cc1-c1cc3c4ccccc4c4ccccc4c3cc1-2. The number of benzene rings is 11. The summed E-state index contributed by atoms with van der Waals surface area (Å²) in [4.78, 5) is 0. The van der Waals surface area contributed by atoms with Crippen LogP contribution in [0.5, 0.6) is 0 Å². The summed E-state index contributed by atoms with van der Waals surface area (Å²) >= 11 is 3.80. The van der Waals surface area contributed by atoms with Gasteiger partial charge in [0.2, 0.25) is 0 Å². The number of hydrogen-bond acceptors (Lipinski definition) is 2. The number of thiophene rings is 2. The normalized spacial score (nSPS) is 12.2. The molecule has 1 aliphatic rings. The van der Waals surface area contributed by atoms with Gasteiger partial charge in [0.25, 0.3) is 0 Å². The molecule has 0 atom stereocenters. The third-order valence-electron chi connectivity index (χ3n) is 13.4. The smallest absolute Gasteiger partial charge is 0.0433 e. The maximum absolute atomic E-state index is 2.51. The third kappa shape index (κ3) is 4.88. The zero-order valence-electron chi connectivity index (χ0n) is 33.4. The molecular formula is C60H34S2. The fraction of sp³-hybridized carbons (Fsp3) is 0. The van der Waals surface area contributed by atoms with Crippen LogP contribution in [0.4, 0.5) is 0 Å². The van der Waals surface area contributed by atoms with Gasteiger partial charge in [-0.2, -0.15) is 0 Å². The molecule has 286 valence electrons. The Bertz CT molecular complexity index is 4050. The Morgan fingerprint density at radius 2 is 0.516 bits per heavy atom. The molecule has 0 amide bonds. The fourth-order valence-corrected chi connectivity index (χ4v) is 13.1. The maximum atomic E-state index is 2.51. The zero-order valence-corrected chi connectivity index (χ0v) is 35.1. The molecule has 0 radical (unpaired) electrons. The zero-order chi connectivity index (χ0) is 40.5. The third-order valence-corrected chi connectivity index (χ3v) is 15.9. The monoisotopic (exact) mass is 818 g/mol. The van der Waals surface area contributed by atoms with E-state index in [2.05, 4.69) is 206 Å². The minimum atomic E-state index is 1.23. The molecule has 0 saturated heterocycles. The van der Waals surface area contributed by atoms with E-state index in [1.54, 1.807) is 0 Å². The Labute approximate surface area is 366 Å². The summed E-state index contributed by atoms with van der Waals surface area (Å²) in [5.74, 6) is 0. The molecule has 11 aromatic carbocycles. The molecule has 1 aliphatic carbocycles. The van der Waals surface area contributed by atoms with E-state index in [4.69, 9.17) is 0 Å². The average molecular weight is 819 g/mol. The van der Waals surface area contributed by atoms with Crippen LogP contribution in [-0.2, 0) is 0 Å². The van der Waals surface area contributed by atoms with Crippen LogP contribution in [0.3, 0.4) is 0 Å². The van der Waals surface area contributed by atoms with Gasteiger partial charge >= 0.3 is 0 Å². The number of fused-ring (bicyclic) bond motifs is 20. The fourth-order valence-electron chi connectivity index (χ4n) is 10.6. The van der Waals surface area contributed by atoms with Gasteiger partial charge < -0.3 is 0 Å². The van der Waals surface area contributed by atoms with Crippen LogP contribution in [-0.4, -0.2) is 0 Å². The van der Waals surface area contributed by atoms with E-state index in [9.17, 15) is 0 Å². The molecule has 62 heavy (non-hydrogen) atoms. The molecule has 0 fully saturated rings. The van der Waals surface area contributed by atoms with Crippen LogP contribution in [0.2, 0.25) is 0 Å². The van der Waals surface area contributed by atoms with Crippen molar-refractivity contribution in [1.82, 2.24) is 0 Å². The molecule has 0 N–H and O–H groups in total. The molecule has 0 nitrogen and oxygen atoms in total. The minimum Gasteiger partial charge on any atom is -0.135 e. The van der Waals surface area contributed by atoms with E-state index in [0.717, 1.165) is 0 Å². The first-order valence-electron chi connectivity index (χ1n) is 21.3. The molecule has 2 heteroatoms. The lowest BCUT2D eigenvalue weighted by Gasteiger charge is -2.25. The van der Waals surface area contributed by atoms with Gasteiger partial charge in [-0.25, -0.2) is 0 Å². The largest absolute Gasteiger partial charge is 0.135 e. The molecule has 2 heterocycles. The topological polar surface area (TPSA) is 0 Å². The Balaban J connectivity index is 1.10. The van der Waals surface area contributed by atoms with Crippen molar-refractivity contribution in [3.8, 4) is 66.8 Å². The van der Waals surface area contributed by atoms with Crippen molar-refractivity contribution in [2.45, 2.75) is 0 Å². The van der Waals surface area contributed by atoms with E-state index in [-0.39, 0.29) is 0 Å². The van der Waals surface area contributed by atoms with Crippen LogP contribution in [0.15, 0.2) is 206 Å². The molecule has 0 saturated carbocycles. The Morgan fingerprint density at radius 1 is 0.194 bits per heavy atom. The summed E-state index contributed by atoms with van der Waals surface area (Å²) in [7, 11) is 0. The van der Waals surface area contributed by atoms with Gasteiger partial charge in [0.1, 0.15) is 0 Å². The van der Waals surface area contributed by atoms with Gasteiger partial charge in [-0.1, -0.05) is 170 Å². The second-order valence-corrected chi connectivity index (χ2v) is 18.8. The lowest BCUT2D eigenvalue weighted by Crippen LogP contribution is -1.99. The molecule has 0 bridgehead atoms. The van der Waals surface area contributed by atoms with Crippen molar-refractivity contribution in [3.63, 3.8) is 0 Å². The van der Waals surface area contributed by atoms with Crippen molar-refractivity contribution < 1.29 is 0 Å². The van der Waals surface area contributed by atoms with Gasteiger partial charge in [-0.3, -0.25) is 0 Å². The number of rotatable bonds is 2. The van der Waals surface area contributed by atoms with Crippen LogP contribution in [0.25, 0.3) is 139 Å². The predicted molar refractivity (Wildman–Crippen MR) is 271 cm³/mol.